The summed E-state index contributed by atoms with van der Waals surface area (Å²) >= 11 is 1.61. The first-order valence-electron chi connectivity index (χ1n) is 6.43. The molecule has 1 saturated carbocycles. The third kappa shape index (κ3) is 3.99. The summed E-state index contributed by atoms with van der Waals surface area (Å²) in [7, 11) is 0. The van der Waals surface area contributed by atoms with E-state index in [9.17, 15) is 9.90 Å². The minimum absolute atomic E-state index is 0.208. The van der Waals surface area contributed by atoms with Crippen molar-refractivity contribution < 1.29 is 9.90 Å². The quantitative estimate of drug-likeness (QED) is 0.784. The molecule has 5 heteroatoms. The van der Waals surface area contributed by atoms with Gasteiger partial charge in [-0.15, -0.1) is 0 Å². The summed E-state index contributed by atoms with van der Waals surface area (Å²) in [4.78, 5) is 11.6. The second-order valence-electron chi connectivity index (χ2n) is 4.95. The Hall–Kier alpha value is -1.07. The van der Waals surface area contributed by atoms with Crippen LogP contribution in [0.25, 0.3) is 0 Å². The van der Waals surface area contributed by atoms with Crippen molar-refractivity contribution in [3.8, 4) is 0 Å². The topological polar surface area (TPSA) is 61.4 Å². The Kier molecular flexibility index (Phi) is 4.60. The van der Waals surface area contributed by atoms with E-state index in [1.165, 1.54) is 6.42 Å². The molecule has 1 heterocycles. The van der Waals surface area contributed by atoms with Crippen LogP contribution in [-0.4, -0.2) is 23.3 Å². The predicted molar refractivity (Wildman–Crippen MR) is 72.6 cm³/mol. The molecule has 1 aliphatic rings. The van der Waals surface area contributed by atoms with Gasteiger partial charge in [-0.25, -0.2) is 4.79 Å². The highest BCUT2D eigenvalue weighted by Gasteiger charge is 2.29. The normalized spacial score (nSPS) is 18.3. The molecule has 0 atom stereocenters. The van der Waals surface area contributed by atoms with E-state index in [2.05, 4.69) is 10.6 Å². The SMILES string of the molecule is O=C(NCc1ccsc1)NCC1(O)CCCCC1. The Morgan fingerprint density at radius 3 is 2.78 bits per heavy atom. The molecule has 18 heavy (non-hydrogen) atoms. The number of rotatable bonds is 4. The number of hydrogen-bond acceptors (Lipinski definition) is 3. The first-order valence-corrected chi connectivity index (χ1v) is 7.37. The third-order valence-corrected chi connectivity index (χ3v) is 4.13. The smallest absolute Gasteiger partial charge is 0.315 e. The van der Waals surface area contributed by atoms with E-state index in [0.29, 0.717) is 13.1 Å². The van der Waals surface area contributed by atoms with Crippen LogP contribution in [0, 0.1) is 0 Å². The van der Waals surface area contributed by atoms with Gasteiger partial charge in [-0.1, -0.05) is 19.3 Å². The maximum absolute atomic E-state index is 11.6. The van der Waals surface area contributed by atoms with E-state index >= 15 is 0 Å². The van der Waals surface area contributed by atoms with Gasteiger partial charge in [0.05, 0.1) is 5.60 Å². The summed E-state index contributed by atoms with van der Waals surface area (Å²) in [6.07, 6.45) is 4.87. The molecule has 1 aromatic heterocycles. The molecule has 0 saturated heterocycles. The van der Waals surface area contributed by atoms with Crippen LogP contribution in [0.5, 0.6) is 0 Å². The number of hydrogen-bond donors (Lipinski definition) is 3. The summed E-state index contributed by atoms with van der Waals surface area (Å²) in [5, 5.41) is 19.8. The molecule has 0 spiro atoms. The fraction of sp³-hybridized carbons (Fsp3) is 0.615. The molecule has 1 aliphatic carbocycles. The van der Waals surface area contributed by atoms with Crippen molar-refractivity contribution >= 4 is 17.4 Å². The second-order valence-corrected chi connectivity index (χ2v) is 5.73. The first kappa shape index (κ1) is 13.4. The minimum Gasteiger partial charge on any atom is -0.388 e. The van der Waals surface area contributed by atoms with E-state index in [4.69, 9.17) is 0 Å². The van der Waals surface area contributed by atoms with E-state index in [0.717, 1.165) is 31.2 Å². The van der Waals surface area contributed by atoms with Gasteiger partial charge in [0.15, 0.2) is 0 Å². The van der Waals surface area contributed by atoms with Gasteiger partial charge in [0, 0.05) is 13.1 Å². The molecule has 1 aromatic rings. The number of nitrogens with one attached hydrogen (secondary N) is 2. The Balaban J connectivity index is 1.68. The average Bonchev–Trinajstić information content (AvgIpc) is 2.88. The number of carbonyl (C=O) groups excluding carboxylic acids is 1. The molecule has 2 rings (SSSR count). The molecule has 0 radical (unpaired) electrons. The van der Waals surface area contributed by atoms with Crippen LogP contribution in [0.2, 0.25) is 0 Å². The van der Waals surface area contributed by atoms with E-state index < -0.39 is 5.60 Å². The van der Waals surface area contributed by atoms with Crippen LogP contribution in [0.3, 0.4) is 0 Å². The van der Waals surface area contributed by atoms with E-state index in [1.807, 2.05) is 16.8 Å². The van der Waals surface area contributed by atoms with Gasteiger partial charge in [-0.05, 0) is 35.2 Å². The summed E-state index contributed by atoms with van der Waals surface area (Å²) < 4.78 is 0. The highest BCUT2D eigenvalue weighted by Crippen LogP contribution is 2.27. The molecule has 4 nitrogen and oxygen atoms in total. The maximum atomic E-state index is 11.6. The summed E-state index contributed by atoms with van der Waals surface area (Å²) in [6.45, 7) is 0.885. The zero-order valence-corrected chi connectivity index (χ0v) is 11.3. The maximum Gasteiger partial charge on any atom is 0.315 e. The Bertz CT molecular complexity index is 372. The van der Waals surface area contributed by atoms with E-state index in [1.54, 1.807) is 11.3 Å². The first-order chi connectivity index (χ1) is 8.68. The summed E-state index contributed by atoms with van der Waals surface area (Å²) in [5.41, 5.74) is 0.407. The number of amides is 2. The lowest BCUT2D eigenvalue weighted by Gasteiger charge is -2.32. The van der Waals surface area contributed by atoms with Crippen molar-refractivity contribution in [3.63, 3.8) is 0 Å². The standard InChI is InChI=1S/C13H20N2O2S/c16-12(14-8-11-4-7-18-9-11)15-10-13(17)5-2-1-3-6-13/h4,7,9,17H,1-3,5-6,8,10H2,(H2,14,15,16). The van der Waals surface area contributed by atoms with Crippen LogP contribution in [0.4, 0.5) is 4.79 Å². The number of aliphatic hydroxyl groups is 1. The molecule has 0 unspecified atom stereocenters. The number of urea groups is 1. The Morgan fingerprint density at radius 1 is 1.33 bits per heavy atom. The highest BCUT2D eigenvalue weighted by atomic mass is 32.1. The zero-order chi connectivity index (χ0) is 12.8. The fourth-order valence-corrected chi connectivity index (χ4v) is 2.94. The van der Waals surface area contributed by atoms with Crippen molar-refractivity contribution in [1.29, 1.82) is 0 Å². The van der Waals surface area contributed by atoms with Gasteiger partial charge in [0.1, 0.15) is 0 Å². The number of carbonyl (C=O) groups is 1. The molecular weight excluding hydrogens is 248 g/mol. The fourth-order valence-electron chi connectivity index (χ4n) is 2.27. The molecule has 0 aliphatic heterocycles. The third-order valence-electron chi connectivity index (χ3n) is 3.40. The number of thiophene rings is 1. The van der Waals surface area contributed by atoms with Crippen LogP contribution in [0.1, 0.15) is 37.7 Å². The van der Waals surface area contributed by atoms with Crippen LogP contribution >= 0.6 is 11.3 Å². The molecule has 2 amide bonds. The van der Waals surface area contributed by atoms with Gasteiger partial charge in [0.25, 0.3) is 0 Å². The van der Waals surface area contributed by atoms with Crippen molar-refractivity contribution in [2.24, 2.45) is 0 Å². The largest absolute Gasteiger partial charge is 0.388 e. The zero-order valence-electron chi connectivity index (χ0n) is 10.4. The molecule has 3 N–H and O–H groups in total. The van der Waals surface area contributed by atoms with Crippen molar-refractivity contribution in [3.05, 3.63) is 22.4 Å². The Morgan fingerprint density at radius 2 is 2.11 bits per heavy atom. The monoisotopic (exact) mass is 268 g/mol. The Labute approximate surface area is 111 Å². The molecule has 100 valence electrons. The molecule has 1 fully saturated rings. The lowest BCUT2D eigenvalue weighted by molar-refractivity contribution is 0.00719. The minimum atomic E-state index is -0.696. The van der Waals surface area contributed by atoms with Crippen LogP contribution in [0.15, 0.2) is 16.8 Å². The molecular formula is C13H20N2O2S. The van der Waals surface area contributed by atoms with Gasteiger partial charge >= 0.3 is 6.03 Å². The summed E-state index contributed by atoms with van der Waals surface area (Å²) in [5.74, 6) is 0. The predicted octanol–water partition coefficient (Wildman–Crippen LogP) is 2.24. The van der Waals surface area contributed by atoms with Crippen LogP contribution in [-0.2, 0) is 6.54 Å². The average molecular weight is 268 g/mol. The van der Waals surface area contributed by atoms with Gasteiger partial charge in [0.2, 0.25) is 0 Å². The van der Waals surface area contributed by atoms with Gasteiger partial charge < -0.3 is 15.7 Å². The van der Waals surface area contributed by atoms with Gasteiger partial charge in [-0.2, -0.15) is 11.3 Å². The lowest BCUT2D eigenvalue weighted by atomic mass is 9.85. The van der Waals surface area contributed by atoms with E-state index in [-0.39, 0.29) is 6.03 Å². The van der Waals surface area contributed by atoms with Crippen LogP contribution < -0.4 is 10.6 Å². The van der Waals surface area contributed by atoms with Crippen molar-refractivity contribution in [2.75, 3.05) is 6.54 Å². The second kappa shape index (κ2) is 6.20. The van der Waals surface area contributed by atoms with Crippen molar-refractivity contribution in [2.45, 2.75) is 44.2 Å². The molecule has 0 aromatic carbocycles. The lowest BCUT2D eigenvalue weighted by Crippen LogP contribution is -2.47. The van der Waals surface area contributed by atoms with Gasteiger partial charge in [-0.3, -0.25) is 0 Å². The summed E-state index contributed by atoms with van der Waals surface area (Å²) in [6, 6.07) is 1.78. The molecule has 0 bridgehead atoms. The van der Waals surface area contributed by atoms with Crippen molar-refractivity contribution in [1.82, 2.24) is 10.6 Å². The highest BCUT2D eigenvalue weighted by molar-refractivity contribution is 7.07.